The molecular weight excluding hydrogens is 455 g/mol. The Kier molecular flexibility index (Phi) is 10.2. The lowest BCUT2D eigenvalue weighted by Gasteiger charge is -2.59. The molecule has 36 heavy (non-hydrogen) atoms. The maximum atomic E-state index is 8.12. The standard InChI is InChI=1S/C27H47BO2.2CO2/c1-9-11-19-12-13-20-21-14-15-23(28-29-24(3,4)25(5,6)30-28)27(21,8)18-16-22(20)26(19,7)17-10-2;2*2-1-3/h15,19-22H,9-14,16-18H2,1-8H3;;/t19-,20+,21+,22+,26+,27+;;/m1../s1. The van der Waals surface area contributed by atoms with Crippen molar-refractivity contribution in [3.8, 4) is 0 Å². The van der Waals surface area contributed by atoms with E-state index in [4.69, 9.17) is 28.5 Å². The fourth-order valence-corrected chi connectivity index (χ4v) is 8.22. The molecule has 4 aliphatic rings. The molecule has 0 N–H and O–H groups in total. The Hall–Kier alpha value is -1.52. The molecule has 6 nitrogen and oxygen atoms in total. The SMILES string of the molecule is CCC[C@@H]1CC[C@@H]2[C@H](CC[C@]3(C)C(B4OC(C)(C)C(C)(C)O4)=CC[C@@H]23)[C@@]1(C)CCC.O=C=O.O=C=O. The smallest absolute Gasteiger partial charge is 0.400 e. The number of allylic oxidation sites excluding steroid dienone is 2. The van der Waals surface area contributed by atoms with Gasteiger partial charge in [0.15, 0.2) is 0 Å². The van der Waals surface area contributed by atoms with Gasteiger partial charge in [-0.1, -0.05) is 53.0 Å². The molecule has 4 rings (SSSR count). The van der Waals surface area contributed by atoms with E-state index >= 15 is 0 Å². The number of rotatable bonds is 5. The highest BCUT2D eigenvalue weighted by atomic mass is 16.7. The van der Waals surface area contributed by atoms with Gasteiger partial charge >= 0.3 is 19.4 Å². The lowest BCUT2D eigenvalue weighted by Crippen LogP contribution is -2.52. The highest BCUT2D eigenvalue weighted by Gasteiger charge is 2.62. The molecule has 3 aliphatic carbocycles. The zero-order chi connectivity index (χ0) is 27.4. The molecule has 1 aliphatic heterocycles. The Bertz CT molecular complexity index is 826. The summed E-state index contributed by atoms with van der Waals surface area (Å²) in [5, 5.41) is 0. The molecular formula is C29H47BO6. The monoisotopic (exact) mass is 502 g/mol. The van der Waals surface area contributed by atoms with E-state index in [1.807, 2.05) is 0 Å². The van der Waals surface area contributed by atoms with Crippen LogP contribution in [0.2, 0.25) is 0 Å². The Morgan fingerprint density at radius 2 is 1.42 bits per heavy atom. The van der Waals surface area contributed by atoms with Crippen LogP contribution in [-0.2, 0) is 28.5 Å². The Morgan fingerprint density at radius 3 is 1.92 bits per heavy atom. The quantitative estimate of drug-likeness (QED) is 0.402. The summed E-state index contributed by atoms with van der Waals surface area (Å²) in [6.45, 7) is 18.7. The maximum Gasteiger partial charge on any atom is 0.490 e. The van der Waals surface area contributed by atoms with Crippen molar-refractivity contribution < 1.29 is 28.5 Å². The van der Waals surface area contributed by atoms with Crippen LogP contribution < -0.4 is 0 Å². The topological polar surface area (TPSA) is 86.7 Å². The van der Waals surface area contributed by atoms with Crippen molar-refractivity contribution in [1.29, 1.82) is 0 Å². The molecule has 0 aromatic rings. The van der Waals surface area contributed by atoms with Crippen LogP contribution in [0.25, 0.3) is 0 Å². The normalized spacial score (nSPS) is 37.6. The third kappa shape index (κ3) is 5.50. The minimum atomic E-state index is -0.248. The Morgan fingerprint density at radius 1 is 0.861 bits per heavy atom. The summed E-state index contributed by atoms with van der Waals surface area (Å²) in [7, 11) is -0.153. The van der Waals surface area contributed by atoms with Crippen LogP contribution >= 0.6 is 0 Å². The van der Waals surface area contributed by atoms with Crippen molar-refractivity contribution in [3.05, 3.63) is 11.5 Å². The molecule has 0 radical (unpaired) electrons. The molecule has 3 fully saturated rings. The van der Waals surface area contributed by atoms with Crippen LogP contribution in [0.1, 0.15) is 113 Å². The first kappa shape index (κ1) is 30.7. The second-order valence-corrected chi connectivity index (χ2v) is 12.8. The third-order valence-corrected chi connectivity index (χ3v) is 10.6. The summed E-state index contributed by atoms with van der Waals surface area (Å²) in [6, 6.07) is 0. The first-order chi connectivity index (χ1) is 16.8. The van der Waals surface area contributed by atoms with Crippen molar-refractivity contribution in [2.45, 2.75) is 124 Å². The average molecular weight is 503 g/mol. The summed E-state index contributed by atoms with van der Waals surface area (Å²) in [5.74, 6) is 3.51. The van der Waals surface area contributed by atoms with Crippen molar-refractivity contribution in [1.82, 2.24) is 0 Å². The molecule has 0 spiro atoms. The molecule has 0 aromatic carbocycles. The van der Waals surface area contributed by atoms with Gasteiger partial charge in [0.1, 0.15) is 0 Å². The van der Waals surface area contributed by atoms with Crippen molar-refractivity contribution in [3.63, 3.8) is 0 Å². The molecule has 0 aromatic heterocycles. The van der Waals surface area contributed by atoms with Crippen LogP contribution in [-0.4, -0.2) is 30.6 Å². The number of hydrogen-bond donors (Lipinski definition) is 0. The maximum absolute atomic E-state index is 8.12. The van der Waals surface area contributed by atoms with E-state index in [2.05, 4.69) is 61.5 Å². The molecule has 2 saturated carbocycles. The van der Waals surface area contributed by atoms with Crippen molar-refractivity contribution >= 4 is 19.4 Å². The highest BCUT2D eigenvalue weighted by Crippen LogP contribution is 2.66. The van der Waals surface area contributed by atoms with Crippen LogP contribution in [0.5, 0.6) is 0 Å². The third-order valence-electron chi connectivity index (χ3n) is 10.6. The molecule has 0 amide bonds. The second-order valence-electron chi connectivity index (χ2n) is 12.8. The molecule has 0 bridgehead atoms. The van der Waals surface area contributed by atoms with E-state index in [9.17, 15) is 0 Å². The molecule has 202 valence electrons. The summed E-state index contributed by atoms with van der Waals surface area (Å²) < 4.78 is 13.1. The predicted octanol–water partition coefficient (Wildman–Crippen LogP) is 6.45. The van der Waals surface area contributed by atoms with Crippen LogP contribution in [0.4, 0.5) is 0 Å². The van der Waals surface area contributed by atoms with Crippen LogP contribution in [0, 0.1) is 34.5 Å². The van der Waals surface area contributed by atoms with E-state index < -0.39 is 0 Å². The number of carbonyl (C=O) groups excluding carboxylic acids is 4. The van der Waals surface area contributed by atoms with E-state index in [0.717, 1.165) is 23.7 Å². The summed E-state index contributed by atoms with van der Waals surface area (Å²) in [5.41, 5.74) is 1.77. The van der Waals surface area contributed by atoms with Crippen molar-refractivity contribution in [2.75, 3.05) is 0 Å². The predicted molar refractivity (Wildman–Crippen MR) is 137 cm³/mol. The van der Waals surface area contributed by atoms with E-state index in [1.165, 1.54) is 63.3 Å². The molecule has 0 unspecified atom stereocenters. The molecule has 1 heterocycles. The lowest BCUT2D eigenvalue weighted by molar-refractivity contribution is -0.193. The fraction of sp³-hybridized carbons (Fsp3) is 0.862. The second kappa shape index (κ2) is 11.9. The van der Waals surface area contributed by atoms with Gasteiger partial charge in [0, 0.05) is 0 Å². The summed E-state index contributed by atoms with van der Waals surface area (Å²) >= 11 is 0. The minimum Gasteiger partial charge on any atom is -0.400 e. The van der Waals surface area contributed by atoms with E-state index in [1.54, 1.807) is 0 Å². The number of hydrogen-bond acceptors (Lipinski definition) is 6. The molecule has 6 atom stereocenters. The molecule has 1 saturated heterocycles. The first-order valence-electron chi connectivity index (χ1n) is 13.9. The van der Waals surface area contributed by atoms with Gasteiger partial charge in [0.05, 0.1) is 11.2 Å². The Balaban J connectivity index is 0.000000693. The van der Waals surface area contributed by atoms with Gasteiger partial charge in [-0.2, -0.15) is 19.2 Å². The van der Waals surface area contributed by atoms with Gasteiger partial charge in [-0.15, -0.1) is 0 Å². The Labute approximate surface area is 218 Å². The van der Waals surface area contributed by atoms with Crippen molar-refractivity contribution in [2.24, 2.45) is 34.5 Å². The summed E-state index contributed by atoms with van der Waals surface area (Å²) in [6.07, 6.45) is 15.4. The van der Waals surface area contributed by atoms with Gasteiger partial charge < -0.3 is 9.31 Å². The lowest BCUT2D eigenvalue weighted by atomic mass is 9.44. The van der Waals surface area contributed by atoms with Gasteiger partial charge in [0.25, 0.3) is 0 Å². The van der Waals surface area contributed by atoms with Gasteiger partial charge in [-0.05, 0) is 106 Å². The van der Waals surface area contributed by atoms with Crippen LogP contribution in [0.3, 0.4) is 0 Å². The van der Waals surface area contributed by atoms with Gasteiger partial charge in [-0.3, -0.25) is 0 Å². The van der Waals surface area contributed by atoms with E-state index in [-0.39, 0.29) is 36.0 Å². The zero-order valence-corrected chi connectivity index (χ0v) is 23.8. The summed E-state index contributed by atoms with van der Waals surface area (Å²) in [4.78, 5) is 32.5. The minimum absolute atomic E-state index is 0.153. The number of fused-ring (bicyclic) bond motifs is 3. The fourth-order valence-electron chi connectivity index (χ4n) is 8.22. The van der Waals surface area contributed by atoms with Gasteiger partial charge in [-0.25, -0.2) is 0 Å². The highest BCUT2D eigenvalue weighted by molar-refractivity contribution is 6.55. The van der Waals surface area contributed by atoms with Crippen LogP contribution in [0.15, 0.2) is 11.5 Å². The zero-order valence-electron chi connectivity index (χ0n) is 23.8. The first-order valence-corrected chi connectivity index (χ1v) is 13.9. The van der Waals surface area contributed by atoms with E-state index in [0.29, 0.717) is 5.41 Å². The molecule has 7 heteroatoms. The largest absolute Gasteiger partial charge is 0.490 e. The average Bonchev–Trinajstić information content (AvgIpc) is 3.23. The van der Waals surface area contributed by atoms with Gasteiger partial charge in [0.2, 0.25) is 0 Å².